The van der Waals surface area contributed by atoms with E-state index in [0.29, 0.717) is 5.56 Å². The number of hydrogen-bond donors (Lipinski definition) is 1. The van der Waals surface area contributed by atoms with Gasteiger partial charge in [-0.3, -0.25) is 25.0 Å². The lowest BCUT2D eigenvalue weighted by Crippen LogP contribution is -2.23. The molecule has 0 atom stereocenters. The van der Waals surface area contributed by atoms with Crippen molar-refractivity contribution in [2.24, 2.45) is 0 Å². The summed E-state index contributed by atoms with van der Waals surface area (Å²) < 4.78 is 0. The molecule has 9 heteroatoms. The van der Waals surface area contributed by atoms with E-state index >= 15 is 0 Å². The highest BCUT2D eigenvalue weighted by atomic mass is 35.5. The van der Waals surface area contributed by atoms with E-state index in [0.717, 1.165) is 6.07 Å². The molecule has 2 rings (SSSR count). The van der Waals surface area contributed by atoms with Gasteiger partial charge in [0, 0.05) is 29.8 Å². The molecular formula is C14H10ClN3O5. The van der Waals surface area contributed by atoms with Gasteiger partial charge < -0.3 is 5.32 Å². The topological polar surface area (TPSA) is 115 Å². The van der Waals surface area contributed by atoms with Crippen molar-refractivity contribution in [1.82, 2.24) is 5.32 Å². The molecule has 0 radical (unpaired) electrons. The number of hydrogen-bond acceptors (Lipinski definition) is 5. The molecule has 0 aliphatic heterocycles. The predicted molar refractivity (Wildman–Crippen MR) is 82.4 cm³/mol. The summed E-state index contributed by atoms with van der Waals surface area (Å²) in [7, 11) is 0. The average Bonchev–Trinajstić information content (AvgIpc) is 2.52. The van der Waals surface area contributed by atoms with Crippen LogP contribution >= 0.6 is 11.6 Å². The molecule has 0 aliphatic carbocycles. The van der Waals surface area contributed by atoms with E-state index in [-0.39, 0.29) is 28.5 Å². The third-order valence-electron chi connectivity index (χ3n) is 3.00. The van der Waals surface area contributed by atoms with Crippen LogP contribution in [0, 0.1) is 20.2 Å². The van der Waals surface area contributed by atoms with Crippen LogP contribution in [0.3, 0.4) is 0 Å². The maximum atomic E-state index is 12.1. The Morgan fingerprint density at radius 2 is 1.70 bits per heavy atom. The SMILES string of the molecule is O=C(NCc1ccc([N+](=O)[O-])cc1)c1cc(Cl)ccc1[N+](=O)[O-]. The minimum Gasteiger partial charge on any atom is -0.348 e. The van der Waals surface area contributed by atoms with E-state index < -0.39 is 15.8 Å². The van der Waals surface area contributed by atoms with E-state index in [1.807, 2.05) is 0 Å². The Balaban J connectivity index is 2.12. The Morgan fingerprint density at radius 3 is 2.26 bits per heavy atom. The summed E-state index contributed by atoms with van der Waals surface area (Å²) in [5.41, 5.74) is 0.0548. The molecule has 0 saturated carbocycles. The van der Waals surface area contributed by atoms with Crippen LogP contribution in [0.15, 0.2) is 42.5 Å². The van der Waals surface area contributed by atoms with Gasteiger partial charge in [-0.15, -0.1) is 0 Å². The fourth-order valence-corrected chi connectivity index (χ4v) is 2.03. The van der Waals surface area contributed by atoms with E-state index in [1.165, 1.54) is 36.4 Å². The Kier molecular flexibility index (Phi) is 4.87. The Morgan fingerprint density at radius 1 is 1.04 bits per heavy atom. The second kappa shape index (κ2) is 6.84. The molecule has 0 fully saturated rings. The minimum absolute atomic E-state index is 0.0643. The van der Waals surface area contributed by atoms with Crippen LogP contribution in [0.1, 0.15) is 15.9 Å². The highest BCUT2D eigenvalue weighted by molar-refractivity contribution is 6.31. The van der Waals surface area contributed by atoms with Crippen LogP contribution in [0.25, 0.3) is 0 Å². The van der Waals surface area contributed by atoms with Gasteiger partial charge in [0.05, 0.1) is 9.85 Å². The third kappa shape index (κ3) is 4.01. The molecule has 2 aromatic rings. The predicted octanol–water partition coefficient (Wildman–Crippen LogP) is 3.09. The standard InChI is InChI=1S/C14H10ClN3O5/c15-10-3-6-13(18(22)23)12(7-10)14(19)16-8-9-1-4-11(5-2-9)17(20)21/h1-7H,8H2,(H,16,19). The Hall–Kier alpha value is -3.00. The second-order valence-corrected chi connectivity index (χ2v) is 4.96. The van der Waals surface area contributed by atoms with Gasteiger partial charge in [-0.05, 0) is 17.7 Å². The van der Waals surface area contributed by atoms with E-state index in [4.69, 9.17) is 11.6 Å². The summed E-state index contributed by atoms with van der Waals surface area (Å²) in [6.45, 7) is 0.0699. The van der Waals surface area contributed by atoms with Gasteiger partial charge in [0.2, 0.25) is 0 Å². The van der Waals surface area contributed by atoms with Gasteiger partial charge in [0.25, 0.3) is 17.3 Å². The van der Waals surface area contributed by atoms with Gasteiger partial charge in [0.1, 0.15) is 5.56 Å². The van der Waals surface area contributed by atoms with Crippen LogP contribution in [0.5, 0.6) is 0 Å². The van der Waals surface area contributed by atoms with Crippen molar-refractivity contribution >= 4 is 28.9 Å². The van der Waals surface area contributed by atoms with Crippen molar-refractivity contribution in [2.75, 3.05) is 0 Å². The van der Waals surface area contributed by atoms with Crippen molar-refractivity contribution in [1.29, 1.82) is 0 Å². The lowest BCUT2D eigenvalue weighted by Gasteiger charge is -2.06. The number of carbonyl (C=O) groups excluding carboxylic acids is 1. The van der Waals surface area contributed by atoms with Crippen LogP contribution < -0.4 is 5.32 Å². The first-order valence-corrected chi connectivity index (χ1v) is 6.72. The third-order valence-corrected chi connectivity index (χ3v) is 3.24. The molecule has 0 heterocycles. The van der Waals surface area contributed by atoms with Crippen LogP contribution in [-0.4, -0.2) is 15.8 Å². The molecule has 0 aliphatic rings. The van der Waals surface area contributed by atoms with Crippen molar-refractivity contribution in [3.63, 3.8) is 0 Å². The molecule has 1 amide bonds. The molecule has 23 heavy (non-hydrogen) atoms. The molecule has 1 N–H and O–H groups in total. The van der Waals surface area contributed by atoms with Crippen LogP contribution in [0.4, 0.5) is 11.4 Å². The zero-order chi connectivity index (χ0) is 17.0. The zero-order valence-electron chi connectivity index (χ0n) is 11.6. The first kappa shape index (κ1) is 16.4. The largest absolute Gasteiger partial charge is 0.348 e. The fraction of sp³-hybridized carbons (Fsp3) is 0.0714. The number of nitro groups is 2. The van der Waals surface area contributed by atoms with Crippen molar-refractivity contribution in [3.8, 4) is 0 Å². The first-order valence-electron chi connectivity index (χ1n) is 6.34. The molecule has 0 spiro atoms. The smallest absolute Gasteiger partial charge is 0.282 e. The van der Waals surface area contributed by atoms with Crippen molar-refractivity contribution < 1.29 is 14.6 Å². The number of carbonyl (C=O) groups is 1. The second-order valence-electron chi connectivity index (χ2n) is 4.52. The van der Waals surface area contributed by atoms with Gasteiger partial charge in [-0.1, -0.05) is 23.7 Å². The number of halogens is 1. The Labute approximate surface area is 135 Å². The molecule has 0 unspecified atom stereocenters. The Bertz CT molecular complexity index is 776. The normalized spacial score (nSPS) is 10.1. The van der Waals surface area contributed by atoms with Crippen LogP contribution in [0.2, 0.25) is 5.02 Å². The average molecular weight is 336 g/mol. The first-order chi connectivity index (χ1) is 10.9. The number of non-ortho nitro benzene ring substituents is 1. The molecule has 0 bridgehead atoms. The van der Waals surface area contributed by atoms with Crippen molar-refractivity contribution in [3.05, 3.63) is 78.8 Å². The molecule has 2 aromatic carbocycles. The minimum atomic E-state index is -0.670. The maximum absolute atomic E-state index is 12.1. The molecule has 0 aromatic heterocycles. The number of rotatable bonds is 5. The van der Waals surface area contributed by atoms with Crippen LogP contribution in [-0.2, 0) is 6.54 Å². The van der Waals surface area contributed by atoms with Gasteiger partial charge in [0.15, 0.2) is 0 Å². The summed E-state index contributed by atoms with van der Waals surface area (Å²) in [5, 5.41) is 24.2. The summed E-state index contributed by atoms with van der Waals surface area (Å²) in [5.74, 6) is -0.655. The number of benzene rings is 2. The van der Waals surface area contributed by atoms with E-state index in [2.05, 4.69) is 5.32 Å². The molecule has 118 valence electrons. The number of amides is 1. The number of nitrogens with zero attached hydrogens (tertiary/aromatic N) is 2. The maximum Gasteiger partial charge on any atom is 0.282 e. The quantitative estimate of drug-likeness (QED) is 0.665. The summed E-state index contributed by atoms with van der Waals surface area (Å²) in [6.07, 6.45) is 0. The number of nitrogens with one attached hydrogen (secondary N) is 1. The summed E-state index contributed by atoms with van der Waals surface area (Å²) >= 11 is 5.76. The number of nitro benzene ring substituents is 2. The lowest BCUT2D eigenvalue weighted by atomic mass is 10.1. The molecule has 8 nitrogen and oxygen atoms in total. The summed E-state index contributed by atoms with van der Waals surface area (Å²) in [4.78, 5) is 32.4. The van der Waals surface area contributed by atoms with Gasteiger partial charge >= 0.3 is 0 Å². The van der Waals surface area contributed by atoms with E-state index in [1.54, 1.807) is 0 Å². The van der Waals surface area contributed by atoms with Gasteiger partial charge in [-0.25, -0.2) is 0 Å². The van der Waals surface area contributed by atoms with Gasteiger partial charge in [-0.2, -0.15) is 0 Å². The highest BCUT2D eigenvalue weighted by Gasteiger charge is 2.20. The lowest BCUT2D eigenvalue weighted by molar-refractivity contribution is -0.385. The zero-order valence-corrected chi connectivity index (χ0v) is 12.3. The van der Waals surface area contributed by atoms with E-state index in [9.17, 15) is 25.0 Å². The fourth-order valence-electron chi connectivity index (χ4n) is 1.86. The molecular weight excluding hydrogens is 326 g/mol. The monoisotopic (exact) mass is 335 g/mol. The summed E-state index contributed by atoms with van der Waals surface area (Å²) in [6, 6.07) is 9.29. The molecule has 0 saturated heterocycles. The highest BCUT2D eigenvalue weighted by Crippen LogP contribution is 2.22. The van der Waals surface area contributed by atoms with Crippen molar-refractivity contribution in [2.45, 2.75) is 6.54 Å².